The highest BCUT2D eigenvalue weighted by molar-refractivity contribution is 6.42. The van der Waals surface area contributed by atoms with Crippen LogP contribution in [0.5, 0.6) is 0 Å². The summed E-state index contributed by atoms with van der Waals surface area (Å²) in [4.78, 5) is 11.3. The van der Waals surface area contributed by atoms with Gasteiger partial charge >= 0.3 is 0 Å². The van der Waals surface area contributed by atoms with E-state index < -0.39 is 0 Å². The molecule has 126 valence electrons. The molecule has 0 amide bonds. The van der Waals surface area contributed by atoms with Gasteiger partial charge in [0.2, 0.25) is 11.9 Å². The monoisotopic (exact) mass is 355 g/mol. The van der Waals surface area contributed by atoms with E-state index in [1.54, 1.807) is 12.1 Å². The molecule has 23 heavy (non-hydrogen) atoms. The van der Waals surface area contributed by atoms with Gasteiger partial charge in [-0.2, -0.15) is 0 Å². The quantitative estimate of drug-likeness (QED) is 0.639. The molecular weight excluding hydrogens is 333 g/mol. The fourth-order valence-electron chi connectivity index (χ4n) is 2.24. The minimum Gasteiger partial charge on any atom is -0.338 e. The van der Waals surface area contributed by atoms with Crippen molar-refractivity contribution in [3.63, 3.8) is 0 Å². The Morgan fingerprint density at radius 1 is 1.17 bits per heavy atom. The second-order valence-corrected chi connectivity index (χ2v) is 6.76. The van der Waals surface area contributed by atoms with Gasteiger partial charge in [-0.05, 0) is 45.9 Å². The number of aliphatic imine (C=N–C) groups is 2. The molecule has 0 aromatic heterocycles. The maximum atomic E-state index is 6.07. The minimum absolute atomic E-state index is 0.141. The molecule has 0 unspecified atom stereocenters. The molecule has 1 aromatic carbocycles. The molecule has 0 radical (unpaired) electrons. The molecule has 1 aliphatic heterocycles. The Labute approximate surface area is 147 Å². The highest BCUT2D eigenvalue weighted by Gasteiger charge is 2.21. The van der Waals surface area contributed by atoms with Gasteiger partial charge in [-0.1, -0.05) is 23.2 Å². The third-order valence-corrected chi connectivity index (χ3v) is 4.04. The summed E-state index contributed by atoms with van der Waals surface area (Å²) in [5.41, 5.74) is 0.820. The molecular formula is C16H23Cl2N5. The number of guanidine groups is 2. The molecule has 1 aromatic rings. The summed E-state index contributed by atoms with van der Waals surface area (Å²) in [5, 5.41) is 7.58. The van der Waals surface area contributed by atoms with Crippen LogP contribution in [-0.2, 0) is 0 Å². The smallest absolute Gasteiger partial charge is 0.202 e. The highest BCUT2D eigenvalue weighted by atomic mass is 35.5. The van der Waals surface area contributed by atoms with Gasteiger partial charge in [-0.15, -0.1) is 0 Å². The third-order valence-electron chi connectivity index (χ3n) is 3.30. The predicted molar refractivity (Wildman–Crippen MR) is 99.9 cm³/mol. The zero-order valence-electron chi connectivity index (χ0n) is 13.9. The Morgan fingerprint density at radius 2 is 1.91 bits per heavy atom. The van der Waals surface area contributed by atoms with E-state index in [9.17, 15) is 0 Å². The van der Waals surface area contributed by atoms with Gasteiger partial charge in [0.25, 0.3) is 0 Å². The molecule has 0 saturated heterocycles. The standard InChI is InChI=1S/C16H23Cl2N5/c1-10(2)20-15(21-12-5-6-13(17)14(18)9-12)22-16-19-7-8-23(16)11(3)4/h5-6,9-11H,7-8H2,1-4H3,(H2,19,20,21,22). The van der Waals surface area contributed by atoms with Gasteiger partial charge in [0.15, 0.2) is 0 Å². The second-order valence-electron chi connectivity index (χ2n) is 5.94. The average molecular weight is 356 g/mol. The number of hydrogen-bond donors (Lipinski definition) is 2. The molecule has 0 atom stereocenters. The van der Waals surface area contributed by atoms with Crippen molar-refractivity contribution in [3.8, 4) is 0 Å². The fraction of sp³-hybridized carbons (Fsp3) is 0.500. The van der Waals surface area contributed by atoms with Gasteiger partial charge < -0.3 is 10.2 Å². The van der Waals surface area contributed by atoms with E-state index in [2.05, 4.69) is 39.4 Å². The molecule has 0 aliphatic carbocycles. The first-order chi connectivity index (χ1) is 10.9. The van der Waals surface area contributed by atoms with Crippen LogP contribution in [0.25, 0.3) is 0 Å². The topological polar surface area (TPSA) is 52.0 Å². The van der Waals surface area contributed by atoms with Crippen molar-refractivity contribution in [2.24, 2.45) is 9.98 Å². The summed E-state index contributed by atoms with van der Waals surface area (Å²) in [7, 11) is 0. The SMILES string of the molecule is CC(C)N=C(NC1=NCCN1C(C)C)Nc1ccc(Cl)c(Cl)c1. The fourth-order valence-corrected chi connectivity index (χ4v) is 2.54. The predicted octanol–water partition coefficient (Wildman–Crippen LogP) is 3.84. The number of nitrogens with zero attached hydrogens (tertiary/aromatic N) is 3. The number of anilines is 1. The summed E-state index contributed by atoms with van der Waals surface area (Å²) in [6.07, 6.45) is 0. The van der Waals surface area contributed by atoms with E-state index in [4.69, 9.17) is 23.2 Å². The number of nitrogens with one attached hydrogen (secondary N) is 2. The van der Waals surface area contributed by atoms with Crippen LogP contribution < -0.4 is 10.6 Å². The normalized spacial score (nSPS) is 15.4. The second kappa shape index (κ2) is 7.88. The molecule has 2 rings (SSSR count). The van der Waals surface area contributed by atoms with E-state index in [0.29, 0.717) is 22.0 Å². The lowest BCUT2D eigenvalue weighted by atomic mass is 10.3. The lowest BCUT2D eigenvalue weighted by Crippen LogP contribution is -2.47. The molecule has 0 saturated carbocycles. The molecule has 0 bridgehead atoms. The van der Waals surface area contributed by atoms with Crippen LogP contribution in [-0.4, -0.2) is 42.0 Å². The molecule has 0 fully saturated rings. The zero-order chi connectivity index (χ0) is 17.0. The van der Waals surface area contributed by atoms with E-state index in [1.165, 1.54) is 0 Å². The van der Waals surface area contributed by atoms with Crippen molar-refractivity contribution in [2.75, 3.05) is 18.4 Å². The number of rotatable bonds is 3. The molecule has 7 heteroatoms. The Balaban J connectivity index is 2.16. The van der Waals surface area contributed by atoms with Crippen molar-refractivity contribution in [2.45, 2.75) is 39.8 Å². The van der Waals surface area contributed by atoms with Crippen LogP contribution in [0.4, 0.5) is 5.69 Å². The summed E-state index contributed by atoms with van der Waals surface area (Å²) < 4.78 is 0. The minimum atomic E-state index is 0.141. The maximum Gasteiger partial charge on any atom is 0.202 e. The summed E-state index contributed by atoms with van der Waals surface area (Å²) in [6.45, 7) is 10.1. The van der Waals surface area contributed by atoms with Crippen molar-refractivity contribution in [3.05, 3.63) is 28.2 Å². The molecule has 5 nitrogen and oxygen atoms in total. The van der Waals surface area contributed by atoms with E-state index in [1.807, 2.05) is 19.9 Å². The molecule has 1 aliphatic rings. The Kier molecular flexibility index (Phi) is 6.13. The Bertz CT molecular complexity index is 610. The number of hydrogen-bond acceptors (Lipinski definition) is 3. The van der Waals surface area contributed by atoms with E-state index in [0.717, 1.165) is 24.7 Å². The zero-order valence-corrected chi connectivity index (χ0v) is 15.4. The van der Waals surface area contributed by atoms with Gasteiger partial charge in [-0.3, -0.25) is 10.3 Å². The first kappa shape index (κ1) is 17.9. The summed E-state index contributed by atoms with van der Waals surface area (Å²) >= 11 is 12.0. The van der Waals surface area contributed by atoms with E-state index in [-0.39, 0.29) is 6.04 Å². The van der Waals surface area contributed by atoms with Crippen LogP contribution in [0.3, 0.4) is 0 Å². The maximum absolute atomic E-state index is 6.07. The lowest BCUT2D eigenvalue weighted by Gasteiger charge is -2.26. The largest absolute Gasteiger partial charge is 0.338 e. The first-order valence-corrected chi connectivity index (χ1v) is 8.50. The van der Waals surface area contributed by atoms with Crippen molar-refractivity contribution < 1.29 is 0 Å². The van der Waals surface area contributed by atoms with Crippen molar-refractivity contribution in [1.82, 2.24) is 10.2 Å². The number of benzene rings is 1. The van der Waals surface area contributed by atoms with Gasteiger partial charge in [0, 0.05) is 24.3 Å². The number of halogens is 2. The first-order valence-electron chi connectivity index (χ1n) is 7.75. The van der Waals surface area contributed by atoms with Crippen LogP contribution in [0.2, 0.25) is 10.0 Å². The lowest BCUT2D eigenvalue weighted by molar-refractivity contribution is 0.374. The van der Waals surface area contributed by atoms with Crippen LogP contribution in [0.15, 0.2) is 28.2 Å². The summed E-state index contributed by atoms with van der Waals surface area (Å²) in [6, 6.07) is 5.92. The summed E-state index contributed by atoms with van der Waals surface area (Å²) in [5.74, 6) is 1.48. The van der Waals surface area contributed by atoms with Crippen LogP contribution in [0, 0.1) is 0 Å². The van der Waals surface area contributed by atoms with E-state index >= 15 is 0 Å². The van der Waals surface area contributed by atoms with Crippen LogP contribution in [0.1, 0.15) is 27.7 Å². The highest BCUT2D eigenvalue weighted by Crippen LogP contribution is 2.25. The van der Waals surface area contributed by atoms with Crippen LogP contribution >= 0.6 is 23.2 Å². The molecule has 2 N–H and O–H groups in total. The Hall–Kier alpha value is -1.46. The van der Waals surface area contributed by atoms with Crippen molar-refractivity contribution in [1.29, 1.82) is 0 Å². The average Bonchev–Trinajstić information content (AvgIpc) is 2.90. The van der Waals surface area contributed by atoms with Gasteiger partial charge in [0.1, 0.15) is 0 Å². The van der Waals surface area contributed by atoms with Gasteiger partial charge in [0.05, 0.1) is 16.6 Å². The van der Waals surface area contributed by atoms with Gasteiger partial charge in [-0.25, -0.2) is 4.99 Å². The third kappa shape index (κ3) is 5.01. The molecule has 1 heterocycles. The Morgan fingerprint density at radius 3 is 2.52 bits per heavy atom. The van der Waals surface area contributed by atoms with Crippen molar-refractivity contribution >= 4 is 40.8 Å². The molecule has 0 spiro atoms.